The Kier molecular flexibility index (Phi) is 5.01. The first-order valence-corrected chi connectivity index (χ1v) is 10.1. The van der Waals surface area contributed by atoms with E-state index in [0.717, 1.165) is 6.26 Å². The highest BCUT2D eigenvalue weighted by atomic mass is 32.2. The molecule has 1 fully saturated rings. The minimum atomic E-state index is -3.27. The molecule has 0 N–H and O–H groups in total. The highest BCUT2D eigenvalue weighted by Crippen LogP contribution is 2.24. The summed E-state index contributed by atoms with van der Waals surface area (Å²) < 4.78 is 35.1. The lowest BCUT2D eigenvalue weighted by molar-refractivity contribution is 0.0699. The number of rotatable bonds is 4. The van der Waals surface area contributed by atoms with E-state index in [9.17, 15) is 18.0 Å². The van der Waals surface area contributed by atoms with Crippen LogP contribution in [0.5, 0.6) is 5.75 Å². The number of ether oxygens (including phenoxy) is 1. The van der Waals surface area contributed by atoms with Gasteiger partial charge in [-0.05, 0) is 19.1 Å². The minimum absolute atomic E-state index is 0.235. The molecule has 2 aromatic rings. The summed E-state index contributed by atoms with van der Waals surface area (Å²) in [6.07, 6.45) is 1.15. The Balaban J connectivity index is 1.90. The SMILES string of the molecule is CCOc1ccc2c(C(=O)N3CCN(S(C)(=O)=O)CC3)cc(=O)oc2c1. The monoisotopic (exact) mass is 380 g/mol. The molecule has 0 spiro atoms. The number of nitrogens with zero attached hydrogens (tertiary/aromatic N) is 2. The second-order valence-corrected chi connectivity index (χ2v) is 8.01. The van der Waals surface area contributed by atoms with E-state index >= 15 is 0 Å². The first kappa shape index (κ1) is 18.4. The predicted octanol–water partition coefficient (Wildman–Crippen LogP) is 0.909. The molecular formula is C17H20N2O6S. The van der Waals surface area contributed by atoms with Gasteiger partial charge in [-0.1, -0.05) is 0 Å². The maximum Gasteiger partial charge on any atom is 0.337 e. The summed E-state index contributed by atoms with van der Waals surface area (Å²) in [6.45, 7) is 3.32. The zero-order chi connectivity index (χ0) is 18.9. The fraction of sp³-hybridized carbons (Fsp3) is 0.412. The quantitative estimate of drug-likeness (QED) is 0.732. The summed E-state index contributed by atoms with van der Waals surface area (Å²) in [7, 11) is -3.27. The van der Waals surface area contributed by atoms with Crippen molar-refractivity contribution in [2.45, 2.75) is 6.92 Å². The van der Waals surface area contributed by atoms with Crippen molar-refractivity contribution in [2.75, 3.05) is 39.0 Å². The van der Waals surface area contributed by atoms with E-state index in [2.05, 4.69) is 0 Å². The lowest BCUT2D eigenvalue weighted by Crippen LogP contribution is -2.50. The average Bonchev–Trinajstić information content (AvgIpc) is 2.60. The fourth-order valence-corrected chi connectivity index (χ4v) is 3.80. The van der Waals surface area contributed by atoms with E-state index in [1.165, 1.54) is 10.4 Å². The Labute approximate surface area is 151 Å². The third-order valence-electron chi connectivity index (χ3n) is 4.25. The van der Waals surface area contributed by atoms with E-state index in [0.29, 0.717) is 17.7 Å². The average molecular weight is 380 g/mol. The molecule has 140 valence electrons. The van der Waals surface area contributed by atoms with E-state index in [-0.39, 0.29) is 43.2 Å². The molecule has 26 heavy (non-hydrogen) atoms. The van der Waals surface area contributed by atoms with Crippen LogP contribution in [0, 0.1) is 0 Å². The van der Waals surface area contributed by atoms with Crippen molar-refractivity contribution >= 4 is 26.9 Å². The van der Waals surface area contributed by atoms with Gasteiger partial charge in [-0.3, -0.25) is 4.79 Å². The fourth-order valence-electron chi connectivity index (χ4n) is 2.97. The van der Waals surface area contributed by atoms with Crippen molar-refractivity contribution in [3.05, 3.63) is 40.2 Å². The minimum Gasteiger partial charge on any atom is -0.494 e. The van der Waals surface area contributed by atoms with Gasteiger partial charge < -0.3 is 14.1 Å². The summed E-state index contributed by atoms with van der Waals surface area (Å²) >= 11 is 0. The number of carbonyl (C=O) groups is 1. The molecule has 1 aromatic heterocycles. The van der Waals surface area contributed by atoms with E-state index < -0.39 is 15.6 Å². The molecule has 8 nitrogen and oxygen atoms in total. The van der Waals surface area contributed by atoms with Crippen LogP contribution in [0.3, 0.4) is 0 Å². The Bertz CT molecular complexity index is 990. The van der Waals surface area contributed by atoms with Crippen molar-refractivity contribution in [2.24, 2.45) is 0 Å². The number of amides is 1. The highest BCUT2D eigenvalue weighted by Gasteiger charge is 2.27. The van der Waals surface area contributed by atoms with Crippen LogP contribution in [0.15, 0.2) is 33.5 Å². The molecule has 0 unspecified atom stereocenters. The summed E-state index contributed by atoms with van der Waals surface area (Å²) in [5.74, 6) is 0.231. The van der Waals surface area contributed by atoms with Crippen LogP contribution in [0.4, 0.5) is 0 Å². The molecule has 1 aromatic carbocycles. The standard InChI is InChI=1S/C17H20N2O6S/c1-3-24-12-4-5-13-14(11-16(20)25-15(13)10-12)17(21)18-6-8-19(9-7-18)26(2,22)23/h4-5,10-11H,3,6-9H2,1-2H3. The second kappa shape index (κ2) is 7.08. The number of fused-ring (bicyclic) bond motifs is 1. The Morgan fingerprint density at radius 2 is 1.88 bits per heavy atom. The molecule has 2 heterocycles. The predicted molar refractivity (Wildman–Crippen MR) is 96.0 cm³/mol. The van der Waals surface area contributed by atoms with Gasteiger partial charge in [-0.25, -0.2) is 13.2 Å². The number of carbonyl (C=O) groups excluding carboxylic acids is 1. The molecule has 0 radical (unpaired) electrons. The number of piperazine rings is 1. The number of sulfonamides is 1. The molecule has 3 rings (SSSR count). The zero-order valence-corrected chi connectivity index (χ0v) is 15.4. The molecule has 9 heteroatoms. The lowest BCUT2D eigenvalue weighted by Gasteiger charge is -2.33. The topological polar surface area (TPSA) is 97.1 Å². The van der Waals surface area contributed by atoms with Crippen LogP contribution in [0.1, 0.15) is 17.3 Å². The second-order valence-electron chi connectivity index (χ2n) is 6.02. The number of hydrogen-bond donors (Lipinski definition) is 0. The molecule has 1 aliphatic rings. The first-order chi connectivity index (χ1) is 12.3. The van der Waals surface area contributed by atoms with Crippen molar-refractivity contribution in [1.82, 2.24) is 9.21 Å². The van der Waals surface area contributed by atoms with E-state index in [1.807, 2.05) is 6.92 Å². The summed E-state index contributed by atoms with van der Waals surface area (Å²) in [5.41, 5.74) is -0.0991. The molecule has 0 bridgehead atoms. The van der Waals surface area contributed by atoms with Gasteiger partial charge in [0.1, 0.15) is 11.3 Å². The highest BCUT2D eigenvalue weighted by molar-refractivity contribution is 7.88. The van der Waals surface area contributed by atoms with Crippen LogP contribution < -0.4 is 10.4 Å². The Morgan fingerprint density at radius 1 is 1.19 bits per heavy atom. The summed E-state index contributed by atoms with van der Waals surface area (Å²) in [4.78, 5) is 26.3. The number of benzene rings is 1. The lowest BCUT2D eigenvalue weighted by atomic mass is 10.1. The van der Waals surface area contributed by atoms with Crippen molar-refractivity contribution < 1.29 is 22.4 Å². The van der Waals surface area contributed by atoms with Crippen LogP contribution in [0.25, 0.3) is 11.0 Å². The third-order valence-corrected chi connectivity index (χ3v) is 5.56. The van der Waals surface area contributed by atoms with Gasteiger partial charge in [0.15, 0.2) is 0 Å². The van der Waals surface area contributed by atoms with Gasteiger partial charge in [0, 0.05) is 43.7 Å². The molecule has 0 atom stereocenters. The van der Waals surface area contributed by atoms with Crippen LogP contribution in [0.2, 0.25) is 0 Å². The molecular weight excluding hydrogens is 360 g/mol. The molecule has 1 saturated heterocycles. The molecule has 0 saturated carbocycles. The number of hydrogen-bond acceptors (Lipinski definition) is 6. The van der Waals surface area contributed by atoms with Gasteiger partial charge in [0.05, 0.1) is 18.4 Å². The van der Waals surface area contributed by atoms with Gasteiger partial charge >= 0.3 is 5.63 Å². The maximum atomic E-state index is 12.9. The molecule has 1 aliphatic heterocycles. The van der Waals surface area contributed by atoms with E-state index in [1.54, 1.807) is 23.1 Å². The maximum absolute atomic E-state index is 12.9. The van der Waals surface area contributed by atoms with Gasteiger partial charge in [-0.15, -0.1) is 0 Å². The van der Waals surface area contributed by atoms with Crippen molar-refractivity contribution in [3.8, 4) is 5.75 Å². The van der Waals surface area contributed by atoms with Crippen LogP contribution in [-0.2, 0) is 10.0 Å². The normalized spacial score (nSPS) is 16.0. The van der Waals surface area contributed by atoms with Gasteiger partial charge in [-0.2, -0.15) is 4.31 Å². The summed E-state index contributed by atoms with van der Waals surface area (Å²) in [6, 6.07) is 6.15. The first-order valence-electron chi connectivity index (χ1n) is 8.24. The summed E-state index contributed by atoms with van der Waals surface area (Å²) in [5, 5.41) is 0.517. The molecule has 0 aliphatic carbocycles. The molecule has 1 amide bonds. The van der Waals surface area contributed by atoms with Crippen molar-refractivity contribution in [3.63, 3.8) is 0 Å². The van der Waals surface area contributed by atoms with Gasteiger partial charge in [0.25, 0.3) is 5.91 Å². The Hall–Kier alpha value is -2.39. The third kappa shape index (κ3) is 3.73. The zero-order valence-electron chi connectivity index (χ0n) is 14.6. The van der Waals surface area contributed by atoms with Crippen LogP contribution in [-0.4, -0.2) is 62.6 Å². The largest absolute Gasteiger partial charge is 0.494 e. The smallest absolute Gasteiger partial charge is 0.337 e. The Morgan fingerprint density at radius 3 is 2.50 bits per heavy atom. The van der Waals surface area contributed by atoms with Crippen molar-refractivity contribution in [1.29, 1.82) is 0 Å². The van der Waals surface area contributed by atoms with Crippen LogP contribution >= 0.6 is 0 Å². The van der Waals surface area contributed by atoms with E-state index in [4.69, 9.17) is 9.15 Å². The van der Waals surface area contributed by atoms with Gasteiger partial charge in [0.2, 0.25) is 10.0 Å².